The van der Waals surface area contributed by atoms with E-state index in [0.29, 0.717) is 49.1 Å². The first-order valence-corrected chi connectivity index (χ1v) is 12.6. The summed E-state index contributed by atoms with van der Waals surface area (Å²) >= 11 is 1.16. The van der Waals surface area contributed by atoms with Crippen LogP contribution in [0.2, 0.25) is 0 Å². The number of hydrogen-bond donors (Lipinski definition) is 1. The standard InChI is InChI=1S/C21H22N4O4S2/c26-20(22-17-4-2-1-3-5-17)14-8-10-25(11-9-14)31(27,28)18-12-16(13-30-18)19-23-21(29-24-19)15-6-7-15/h1-5,12-15H,6-11H2,(H,22,26). The zero-order chi connectivity index (χ0) is 21.4. The van der Waals surface area contributed by atoms with Crippen molar-refractivity contribution in [3.8, 4) is 11.4 Å². The summed E-state index contributed by atoms with van der Waals surface area (Å²) in [6, 6.07) is 10.9. The number of aromatic nitrogens is 2. The summed E-state index contributed by atoms with van der Waals surface area (Å²) in [4.78, 5) is 16.9. The lowest BCUT2D eigenvalue weighted by atomic mass is 9.97. The Hall–Kier alpha value is -2.56. The number of anilines is 1. The molecule has 3 heterocycles. The van der Waals surface area contributed by atoms with Gasteiger partial charge in [-0.1, -0.05) is 23.4 Å². The van der Waals surface area contributed by atoms with Crippen LogP contribution in [-0.4, -0.2) is 41.9 Å². The third-order valence-corrected chi connectivity index (χ3v) is 8.98. The van der Waals surface area contributed by atoms with Gasteiger partial charge in [0.1, 0.15) is 4.21 Å². The second-order valence-electron chi connectivity index (χ2n) is 7.92. The summed E-state index contributed by atoms with van der Waals surface area (Å²) in [5, 5.41) is 8.64. The van der Waals surface area contributed by atoms with Gasteiger partial charge >= 0.3 is 0 Å². The van der Waals surface area contributed by atoms with Crippen molar-refractivity contribution in [2.45, 2.75) is 35.8 Å². The number of nitrogens with one attached hydrogen (secondary N) is 1. The molecule has 1 aromatic carbocycles. The van der Waals surface area contributed by atoms with Crippen molar-refractivity contribution in [3.05, 3.63) is 47.7 Å². The predicted molar refractivity (Wildman–Crippen MR) is 116 cm³/mol. The average Bonchev–Trinajstić information content (AvgIpc) is 3.30. The molecule has 10 heteroatoms. The van der Waals surface area contributed by atoms with Gasteiger partial charge < -0.3 is 9.84 Å². The minimum Gasteiger partial charge on any atom is -0.339 e. The van der Waals surface area contributed by atoms with Crippen molar-refractivity contribution < 1.29 is 17.7 Å². The number of sulfonamides is 1. The van der Waals surface area contributed by atoms with Gasteiger partial charge in [-0.15, -0.1) is 11.3 Å². The topological polar surface area (TPSA) is 105 Å². The Morgan fingerprint density at radius 3 is 2.58 bits per heavy atom. The van der Waals surface area contributed by atoms with Crippen molar-refractivity contribution in [2.24, 2.45) is 5.92 Å². The Morgan fingerprint density at radius 1 is 1.13 bits per heavy atom. The van der Waals surface area contributed by atoms with E-state index in [1.807, 2.05) is 30.3 Å². The minimum absolute atomic E-state index is 0.0646. The van der Waals surface area contributed by atoms with E-state index >= 15 is 0 Å². The second kappa shape index (κ2) is 8.18. The fourth-order valence-electron chi connectivity index (χ4n) is 3.67. The molecule has 1 aliphatic heterocycles. The van der Waals surface area contributed by atoms with Crippen LogP contribution in [0.25, 0.3) is 11.4 Å². The molecule has 31 heavy (non-hydrogen) atoms. The smallest absolute Gasteiger partial charge is 0.252 e. The molecule has 1 saturated carbocycles. The maximum atomic E-state index is 13.1. The molecule has 1 saturated heterocycles. The molecule has 1 N–H and O–H groups in total. The third kappa shape index (κ3) is 4.28. The normalized spacial score (nSPS) is 18.2. The molecule has 0 bridgehead atoms. The van der Waals surface area contributed by atoms with E-state index in [2.05, 4.69) is 15.5 Å². The average molecular weight is 459 g/mol. The van der Waals surface area contributed by atoms with E-state index in [1.165, 1.54) is 4.31 Å². The lowest BCUT2D eigenvalue weighted by Crippen LogP contribution is -2.41. The van der Waals surface area contributed by atoms with Crippen LogP contribution in [0.5, 0.6) is 0 Å². The van der Waals surface area contributed by atoms with Gasteiger partial charge in [0.25, 0.3) is 10.0 Å². The van der Waals surface area contributed by atoms with Crippen LogP contribution < -0.4 is 5.32 Å². The van der Waals surface area contributed by atoms with Crippen molar-refractivity contribution in [3.63, 3.8) is 0 Å². The van der Waals surface area contributed by atoms with E-state index in [4.69, 9.17) is 4.52 Å². The molecule has 2 aromatic heterocycles. The number of nitrogens with zero attached hydrogens (tertiary/aromatic N) is 3. The Bertz CT molecular complexity index is 1180. The van der Waals surface area contributed by atoms with E-state index in [9.17, 15) is 13.2 Å². The van der Waals surface area contributed by atoms with Gasteiger partial charge in [-0.3, -0.25) is 4.79 Å². The quantitative estimate of drug-likeness (QED) is 0.604. The molecule has 2 fully saturated rings. The monoisotopic (exact) mass is 458 g/mol. The van der Waals surface area contributed by atoms with Gasteiger partial charge in [0.2, 0.25) is 17.6 Å². The lowest BCUT2D eigenvalue weighted by molar-refractivity contribution is -0.120. The van der Waals surface area contributed by atoms with Crippen LogP contribution in [0.15, 0.2) is 50.5 Å². The van der Waals surface area contributed by atoms with E-state index < -0.39 is 10.0 Å². The van der Waals surface area contributed by atoms with Crippen LogP contribution in [0.1, 0.15) is 37.5 Å². The molecule has 1 amide bonds. The van der Waals surface area contributed by atoms with Gasteiger partial charge in [0.15, 0.2) is 0 Å². The first-order valence-electron chi connectivity index (χ1n) is 10.3. The maximum Gasteiger partial charge on any atom is 0.252 e. The molecule has 1 aliphatic carbocycles. The largest absolute Gasteiger partial charge is 0.339 e. The highest BCUT2D eigenvalue weighted by Crippen LogP contribution is 2.40. The molecule has 0 atom stereocenters. The summed E-state index contributed by atoms with van der Waals surface area (Å²) in [7, 11) is -3.62. The molecule has 0 radical (unpaired) electrons. The summed E-state index contributed by atoms with van der Waals surface area (Å²) in [6.07, 6.45) is 3.10. The molecule has 2 aliphatic rings. The molecular formula is C21H22N4O4S2. The number of para-hydroxylation sites is 1. The predicted octanol–water partition coefficient (Wildman–Crippen LogP) is 3.71. The Balaban J connectivity index is 1.22. The highest BCUT2D eigenvalue weighted by atomic mass is 32.2. The molecule has 0 unspecified atom stereocenters. The second-order valence-corrected chi connectivity index (χ2v) is 11.0. The molecule has 5 rings (SSSR count). The summed E-state index contributed by atoms with van der Waals surface area (Å²) in [5.41, 5.74) is 1.40. The Kier molecular flexibility index (Phi) is 5.37. The van der Waals surface area contributed by atoms with Crippen LogP contribution in [0.4, 0.5) is 5.69 Å². The fourth-order valence-corrected chi connectivity index (χ4v) is 6.45. The maximum absolute atomic E-state index is 13.1. The number of carbonyl (C=O) groups excluding carboxylic acids is 1. The molecule has 0 spiro atoms. The van der Waals surface area contributed by atoms with Crippen molar-refractivity contribution in [1.29, 1.82) is 0 Å². The van der Waals surface area contributed by atoms with Gasteiger partial charge in [-0.25, -0.2) is 8.42 Å². The summed E-state index contributed by atoms with van der Waals surface area (Å²) in [5.74, 6) is 1.14. The van der Waals surface area contributed by atoms with Gasteiger partial charge in [0.05, 0.1) is 0 Å². The van der Waals surface area contributed by atoms with E-state index in [-0.39, 0.29) is 16.0 Å². The van der Waals surface area contributed by atoms with Crippen LogP contribution in [-0.2, 0) is 14.8 Å². The minimum atomic E-state index is -3.62. The highest BCUT2D eigenvalue weighted by Gasteiger charge is 2.34. The fraction of sp³-hybridized carbons (Fsp3) is 0.381. The Morgan fingerprint density at radius 2 is 1.87 bits per heavy atom. The van der Waals surface area contributed by atoms with Crippen LogP contribution in [0.3, 0.4) is 0 Å². The SMILES string of the molecule is O=C(Nc1ccccc1)C1CCN(S(=O)(=O)c2cc(-c3noc(C4CC4)n3)cs2)CC1. The van der Waals surface area contributed by atoms with Crippen LogP contribution >= 0.6 is 11.3 Å². The number of benzene rings is 1. The number of hydrogen-bond acceptors (Lipinski definition) is 7. The number of carbonyl (C=O) groups is 1. The third-order valence-electron chi connectivity index (χ3n) is 5.66. The Labute approximate surface area is 184 Å². The number of thiophene rings is 1. The van der Waals surface area contributed by atoms with Crippen molar-refractivity contribution in [1.82, 2.24) is 14.4 Å². The lowest BCUT2D eigenvalue weighted by Gasteiger charge is -2.30. The number of piperidine rings is 1. The molecule has 8 nitrogen and oxygen atoms in total. The van der Waals surface area contributed by atoms with Crippen molar-refractivity contribution >= 4 is 33.0 Å². The first-order chi connectivity index (χ1) is 15.0. The summed E-state index contributed by atoms with van der Waals surface area (Å²) in [6.45, 7) is 0.632. The van der Waals surface area contributed by atoms with Gasteiger partial charge in [-0.05, 0) is 43.9 Å². The van der Waals surface area contributed by atoms with Gasteiger partial charge in [0, 0.05) is 41.6 Å². The molecule has 162 valence electrons. The highest BCUT2D eigenvalue weighted by molar-refractivity contribution is 7.91. The zero-order valence-corrected chi connectivity index (χ0v) is 18.4. The molecular weight excluding hydrogens is 436 g/mol. The molecule has 3 aromatic rings. The first kappa shape index (κ1) is 20.3. The van der Waals surface area contributed by atoms with E-state index in [1.54, 1.807) is 11.4 Å². The van der Waals surface area contributed by atoms with Gasteiger partial charge in [-0.2, -0.15) is 9.29 Å². The zero-order valence-electron chi connectivity index (χ0n) is 16.7. The summed E-state index contributed by atoms with van der Waals surface area (Å²) < 4.78 is 33.2. The van der Waals surface area contributed by atoms with Crippen molar-refractivity contribution in [2.75, 3.05) is 18.4 Å². The number of rotatable bonds is 6. The van der Waals surface area contributed by atoms with Crippen LogP contribution in [0, 0.1) is 5.92 Å². The number of amides is 1. The van der Waals surface area contributed by atoms with E-state index in [0.717, 1.165) is 29.9 Å².